The molecule has 3 rings (SSSR count). The summed E-state index contributed by atoms with van der Waals surface area (Å²) < 4.78 is 74.9. The van der Waals surface area contributed by atoms with Crippen LogP contribution in [0.5, 0.6) is 0 Å². The van der Waals surface area contributed by atoms with E-state index in [0.717, 1.165) is 10.1 Å². The van der Waals surface area contributed by atoms with Crippen LogP contribution in [0.1, 0.15) is 24.1 Å². The molecule has 0 bridgehead atoms. The Morgan fingerprint density at radius 1 is 0.800 bits per heavy atom. The third-order valence-electron chi connectivity index (χ3n) is 3.28. The zero-order chi connectivity index (χ0) is 27.4. The molecule has 3 nitrogen and oxygen atoms in total. The molecule has 1 aliphatic rings. The summed E-state index contributed by atoms with van der Waals surface area (Å²) in [4.78, 5) is 0. The van der Waals surface area contributed by atoms with Crippen molar-refractivity contribution in [3.05, 3.63) is 116 Å². The van der Waals surface area contributed by atoms with Crippen LogP contribution in [0.4, 0.5) is 25.2 Å². The van der Waals surface area contributed by atoms with Gasteiger partial charge in [0.1, 0.15) is 0 Å². The topological polar surface area (TPSA) is 51.8 Å². The van der Waals surface area contributed by atoms with Crippen LogP contribution in [0.25, 0.3) is 0 Å². The van der Waals surface area contributed by atoms with Gasteiger partial charge in [0.25, 0.3) is 0 Å². The van der Waals surface area contributed by atoms with Crippen molar-refractivity contribution in [1.82, 2.24) is 5.32 Å². The van der Waals surface area contributed by atoms with E-state index in [9.17, 15) is 25.2 Å². The number of hydrogen-bond donors (Lipinski definition) is 1. The van der Waals surface area contributed by atoms with E-state index in [1.807, 2.05) is 79.3 Å². The van der Waals surface area contributed by atoms with Gasteiger partial charge in [-0.3, -0.25) is 0 Å². The van der Waals surface area contributed by atoms with Gasteiger partial charge in [0.2, 0.25) is 0 Å². The standard InChI is InChI=1S/C17H15N.C5H5.2CO.F6P.Fe/c1-15(17-12-6-3-7-13-17)18-14-8-11-16-9-4-2-5-10-16;1-2-4-5-3-1;2*1-2;1-7(2,3,4,5)6;/h2-7,9-10,12-13,15,18H,1H3;1-5H;;;;/q;;;;-1;+1. The predicted molar refractivity (Wildman–Crippen MR) is 120 cm³/mol. The van der Waals surface area contributed by atoms with E-state index < -0.39 is 7.81 Å². The van der Waals surface area contributed by atoms with Crippen LogP contribution in [0, 0.1) is 31.6 Å². The minimum atomic E-state index is -10.7. The third kappa shape index (κ3) is 27.4. The molecule has 1 radical (unpaired) electrons. The van der Waals surface area contributed by atoms with Crippen molar-refractivity contribution in [2.45, 2.75) is 13.0 Å². The first-order valence-electron chi connectivity index (χ1n) is 9.24. The summed E-state index contributed by atoms with van der Waals surface area (Å²) in [5.41, 5.74) is 2.22. The molecule has 1 unspecified atom stereocenters. The number of allylic oxidation sites excluding steroid dienone is 4. The zero-order valence-corrected chi connectivity index (χ0v) is 20.1. The molecule has 0 aliphatic heterocycles. The van der Waals surface area contributed by atoms with Gasteiger partial charge in [-0.2, -0.15) is 0 Å². The smallest absolute Gasteiger partial charge is 0.00506 e. The molecule has 0 fully saturated rings. The molecule has 1 N–H and O–H groups in total. The second-order valence-electron chi connectivity index (χ2n) is 6.12. The second-order valence-corrected chi connectivity index (χ2v) is 8.58. The van der Waals surface area contributed by atoms with Gasteiger partial charge in [-0.05, 0) is 0 Å². The van der Waals surface area contributed by atoms with E-state index in [1.165, 1.54) is 5.56 Å². The van der Waals surface area contributed by atoms with Crippen LogP contribution in [-0.4, -0.2) is 4.54 Å². The molecule has 2 aromatic rings. The quantitative estimate of drug-likeness (QED) is 0.104. The minimum absolute atomic E-state index is 0.207. The number of hydrogen-bond acceptors (Lipinski definition) is 1. The maximum absolute atomic E-state index is 10.7. The first-order valence-corrected chi connectivity index (χ1v) is 11.8. The Kier molecular flexibility index (Phi) is 15.8. The summed E-state index contributed by atoms with van der Waals surface area (Å²) in [6.45, 7) is 11.1. The monoisotopic (exact) mass is 555 g/mol. The molecule has 1 aliphatic carbocycles. The van der Waals surface area contributed by atoms with E-state index in [2.05, 4.69) is 65.1 Å². The van der Waals surface area contributed by atoms with Gasteiger partial charge in [0.15, 0.2) is 0 Å². The van der Waals surface area contributed by atoms with Crippen LogP contribution < -0.4 is 5.32 Å². The predicted octanol–water partition coefficient (Wildman–Crippen LogP) is 7.69. The van der Waals surface area contributed by atoms with Crippen LogP contribution >= 0.6 is 7.81 Å². The van der Waals surface area contributed by atoms with Gasteiger partial charge < -0.3 is 0 Å². The molecule has 0 aromatic heterocycles. The fourth-order valence-electron chi connectivity index (χ4n) is 2.01. The molecule has 0 saturated heterocycles. The normalized spacial score (nSPS) is 13.3. The van der Waals surface area contributed by atoms with Gasteiger partial charge in [-0.15, -0.1) is 0 Å². The molecular weight excluding hydrogens is 535 g/mol. The Hall–Kier alpha value is -2.68. The van der Waals surface area contributed by atoms with E-state index in [4.69, 9.17) is 9.30 Å². The maximum Gasteiger partial charge on any atom is 0.00506 e. The summed E-state index contributed by atoms with van der Waals surface area (Å²) in [5, 5.41) is 3.30. The average molecular weight is 555 g/mol. The van der Waals surface area contributed by atoms with Crippen molar-refractivity contribution >= 4 is 12.3 Å². The molecule has 2 aromatic carbocycles. The van der Waals surface area contributed by atoms with Crippen molar-refractivity contribution in [1.29, 1.82) is 0 Å². The zero-order valence-electron chi connectivity index (χ0n) is 18.1. The van der Waals surface area contributed by atoms with Crippen molar-refractivity contribution in [3.63, 3.8) is 0 Å². The van der Waals surface area contributed by atoms with Crippen LogP contribution in [0.3, 0.4) is 0 Å². The summed E-state index contributed by atoms with van der Waals surface area (Å²) in [5.74, 6) is 6.13. The number of benzene rings is 2. The molecule has 0 saturated carbocycles. The van der Waals surface area contributed by atoms with Crippen LogP contribution in [-0.2, 0) is 24.9 Å². The van der Waals surface area contributed by atoms with Crippen LogP contribution in [0.2, 0.25) is 0 Å². The fraction of sp³-hybridized carbons (Fsp3) is 0.0833. The van der Waals surface area contributed by atoms with Crippen molar-refractivity contribution in [2.75, 3.05) is 0 Å². The van der Waals surface area contributed by atoms with E-state index >= 15 is 0 Å². The molecule has 0 heterocycles. The first-order chi connectivity index (χ1) is 16.2. The van der Waals surface area contributed by atoms with Crippen molar-refractivity contribution < 1.29 is 50.1 Å². The van der Waals surface area contributed by atoms with Gasteiger partial charge in [0.05, 0.1) is 0 Å². The second kappa shape index (κ2) is 16.1. The van der Waals surface area contributed by atoms with Gasteiger partial charge >= 0.3 is 178 Å². The van der Waals surface area contributed by atoms with Crippen molar-refractivity contribution in [3.8, 4) is 11.8 Å². The molecule has 11 heteroatoms. The minimum Gasteiger partial charge on any atom is -0.0767 e. The Morgan fingerprint density at radius 3 is 1.57 bits per heavy atom. The number of rotatable bonds is 3. The average Bonchev–Trinajstić information content (AvgIpc) is 3.40. The van der Waals surface area contributed by atoms with E-state index in [-0.39, 0.29) is 6.04 Å². The van der Waals surface area contributed by atoms with Gasteiger partial charge in [-0.25, -0.2) is 0 Å². The third-order valence-corrected chi connectivity index (χ3v) is 3.58. The van der Waals surface area contributed by atoms with E-state index in [0.29, 0.717) is 0 Å². The summed E-state index contributed by atoms with van der Waals surface area (Å²) in [7, 11) is -10.7. The van der Waals surface area contributed by atoms with Gasteiger partial charge in [-0.1, -0.05) is 24.3 Å². The molecule has 35 heavy (non-hydrogen) atoms. The molecule has 188 valence electrons. The Labute approximate surface area is 208 Å². The fourth-order valence-corrected chi connectivity index (χ4v) is 2.32. The molecular formula is C24H20F6FeNO2P. The largest absolute Gasteiger partial charge is 0.0767 e. The van der Waals surface area contributed by atoms with Crippen molar-refractivity contribution in [2.24, 2.45) is 0 Å². The first kappa shape index (κ1) is 34.5. The summed E-state index contributed by atoms with van der Waals surface area (Å²) in [6.07, 6.45) is 10.0. The SMILES string of the molecule is CC(N[C](=[Fe+])C#Cc1ccccc1)c1ccccc1.F[P-](F)(F)(F)(F)F.[C-]#[O+].[C-]#[O+].[CH]1C=CC=C1. The molecule has 0 spiro atoms. The Balaban J connectivity index is 0. The molecule has 0 amide bonds. The van der Waals surface area contributed by atoms with E-state index in [1.54, 1.807) is 0 Å². The summed E-state index contributed by atoms with van der Waals surface area (Å²) >= 11 is 3.95. The molecule has 1 atom stereocenters. The summed E-state index contributed by atoms with van der Waals surface area (Å²) in [6, 6.07) is 20.4. The van der Waals surface area contributed by atoms with Crippen LogP contribution in [0.15, 0.2) is 85.0 Å². The number of nitrogens with one attached hydrogen (secondary N) is 1. The number of halogens is 6. The Morgan fingerprint density at radius 2 is 1.20 bits per heavy atom. The Bertz CT molecular complexity index is 1030. The maximum atomic E-state index is 9.87. The van der Waals surface area contributed by atoms with Gasteiger partial charge in [0, 0.05) is 6.42 Å².